The Morgan fingerprint density at radius 1 is 0.308 bits per heavy atom. The molecule has 0 saturated carbocycles. The number of ether oxygens (including phenoxy) is 11. The molecule has 0 aliphatic carbocycles. The predicted molar refractivity (Wildman–Crippen MR) is 144 cm³/mol. The van der Waals surface area contributed by atoms with E-state index in [0.717, 1.165) is 6.54 Å². The van der Waals surface area contributed by atoms with E-state index in [1.807, 2.05) is 14.1 Å². The van der Waals surface area contributed by atoms with Crippen LogP contribution in [0.15, 0.2) is 0 Å². The van der Waals surface area contributed by atoms with E-state index in [0.29, 0.717) is 139 Å². The van der Waals surface area contributed by atoms with Gasteiger partial charge in [0.15, 0.2) is 0 Å². The molecule has 0 aliphatic heterocycles. The van der Waals surface area contributed by atoms with Crippen LogP contribution in [0.4, 0.5) is 4.39 Å². The highest BCUT2D eigenvalue weighted by Gasteiger charge is 1.96. The van der Waals surface area contributed by atoms with Crippen LogP contribution in [0.1, 0.15) is 0 Å². The summed E-state index contributed by atoms with van der Waals surface area (Å²) in [5.74, 6) is 0. The van der Waals surface area contributed by atoms with Gasteiger partial charge < -0.3 is 57.0 Å². The zero-order valence-electron chi connectivity index (χ0n) is 24.3. The fourth-order valence-corrected chi connectivity index (χ4v) is 2.60. The van der Waals surface area contributed by atoms with Crippen molar-refractivity contribution in [2.45, 2.75) is 0 Å². The molecule has 0 aromatic rings. The van der Waals surface area contributed by atoms with E-state index in [2.05, 4.69) is 4.90 Å². The van der Waals surface area contributed by atoms with E-state index >= 15 is 0 Å². The molecule has 0 aromatic carbocycles. The van der Waals surface area contributed by atoms with Gasteiger partial charge in [0.1, 0.15) is 6.67 Å². The summed E-state index contributed by atoms with van der Waals surface area (Å²) in [5, 5.41) is 0. The fraction of sp³-hybridized carbons (Fsp3) is 1.00. The van der Waals surface area contributed by atoms with Crippen molar-refractivity contribution in [2.75, 3.05) is 173 Å². The molecule has 13 heteroatoms. The van der Waals surface area contributed by atoms with Gasteiger partial charge >= 0.3 is 0 Å². The standard InChI is InChI=1S/C26H54FNO11/c1-28(2)4-6-30-8-10-32-12-14-34-16-18-36-20-22-38-24-26-39-25-23-37-21-19-35-17-15-33-13-11-31-9-7-29-5-3-27/h3-26H2,1-2H3. The van der Waals surface area contributed by atoms with Gasteiger partial charge in [-0.05, 0) is 14.1 Å². The first-order valence-corrected chi connectivity index (χ1v) is 13.8. The van der Waals surface area contributed by atoms with Gasteiger partial charge in [0.2, 0.25) is 0 Å². The van der Waals surface area contributed by atoms with Crippen molar-refractivity contribution in [1.29, 1.82) is 0 Å². The van der Waals surface area contributed by atoms with Crippen molar-refractivity contribution in [2.24, 2.45) is 0 Å². The molecule has 0 radical (unpaired) electrons. The van der Waals surface area contributed by atoms with Crippen molar-refractivity contribution in [1.82, 2.24) is 4.90 Å². The molecule has 39 heavy (non-hydrogen) atoms. The number of hydrogen-bond acceptors (Lipinski definition) is 12. The Hall–Kier alpha value is -0.550. The van der Waals surface area contributed by atoms with Crippen LogP contribution in [-0.2, 0) is 52.1 Å². The average molecular weight is 576 g/mol. The van der Waals surface area contributed by atoms with E-state index < -0.39 is 6.67 Å². The zero-order chi connectivity index (χ0) is 28.3. The number of hydrogen-bond donors (Lipinski definition) is 0. The molecule has 0 bridgehead atoms. The maximum atomic E-state index is 11.8. The van der Waals surface area contributed by atoms with Crippen LogP contribution in [0.2, 0.25) is 0 Å². The lowest BCUT2D eigenvalue weighted by Gasteiger charge is -2.10. The van der Waals surface area contributed by atoms with Gasteiger partial charge in [-0.3, -0.25) is 0 Å². The monoisotopic (exact) mass is 575 g/mol. The maximum absolute atomic E-state index is 11.8. The lowest BCUT2D eigenvalue weighted by Crippen LogP contribution is -2.19. The molecule has 0 spiro atoms. The van der Waals surface area contributed by atoms with Gasteiger partial charge in [0, 0.05) is 6.54 Å². The van der Waals surface area contributed by atoms with Crippen LogP contribution < -0.4 is 0 Å². The topological polar surface area (TPSA) is 105 Å². The summed E-state index contributed by atoms with van der Waals surface area (Å²) in [6.07, 6.45) is 0. The number of likely N-dealkylation sites (N-methyl/N-ethyl adjacent to an activating group) is 1. The Bertz CT molecular complexity index is 443. The highest BCUT2D eigenvalue weighted by atomic mass is 19.1. The van der Waals surface area contributed by atoms with Crippen molar-refractivity contribution in [3.63, 3.8) is 0 Å². The van der Waals surface area contributed by atoms with Crippen molar-refractivity contribution < 1.29 is 56.5 Å². The van der Waals surface area contributed by atoms with E-state index in [1.54, 1.807) is 0 Å². The van der Waals surface area contributed by atoms with Gasteiger partial charge in [-0.2, -0.15) is 0 Å². The van der Waals surface area contributed by atoms with Gasteiger partial charge in [-0.25, -0.2) is 4.39 Å². The summed E-state index contributed by atoms with van der Waals surface area (Å²) in [7, 11) is 4.03. The van der Waals surface area contributed by atoms with Crippen LogP contribution in [0, 0.1) is 0 Å². The van der Waals surface area contributed by atoms with Crippen LogP contribution in [0.3, 0.4) is 0 Å². The van der Waals surface area contributed by atoms with E-state index in [1.165, 1.54) is 0 Å². The largest absolute Gasteiger partial charge is 0.378 e. The summed E-state index contributed by atoms with van der Waals surface area (Å²) in [4.78, 5) is 2.08. The second kappa shape index (κ2) is 35.5. The normalized spacial score (nSPS) is 11.7. The minimum atomic E-state index is -0.472. The van der Waals surface area contributed by atoms with Gasteiger partial charge in [-0.1, -0.05) is 0 Å². The Kier molecular flexibility index (Phi) is 35.0. The summed E-state index contributed by atoms with van der Waals surface area (Å²) in [5.41, 5.74) is 0. The first-order valence-electron chi connectivity index (χ1n) is 13.8. The molecule has 12 nitrogen and oxygen atoms in total. The smallest absolute Gasteiger partial charge is 0.113 e. The molecular weight excluding hydrogens is 521 g/mol. The van der Waals surface area contributed by atoms with E-state index in [-0.39, 0.29) is 6.61 Å². The van der Waals surface area contributed by atoms with E-state index in [9.17, 15) is 4.39 Å². The lowest BCUT2D eigenvalue weighted by molar-refractivity contribution is -0.0276. The second-order valence-electron chi connectivity index (χ2n) is 8.23. The molecule has 0 aromatic heterocycles. The third-order valence-electron chi connectivity index (χ3n) is 4.62. The van der Waals surface area contributed by atoms with Crippen molar-refractivity contribution in [3.8, 4) is 0 Å². The average Bonchev–Trinajstić information content (AvgIpc) is 2.93. The molecule has 0 rings (SSSR count). The van der Waals surface area contributed by atoms with Crippen molar-refractivity contribution in [3.05, 3.63) is 0 Å². The number of halogens is 1. The molecule has 0 heterocycles. The summed E-state index contributed by atoms with van der Waals surface area (Å²) < 4.78 is 70.9. The zero-order valence-corrected chi connectivity index (χ0v) is 24.3. The Morgan fingerprint density at radius 2 is 0.487 bits per heavy atom. The highest BCUT2D eigenvalue weighted by Crippen LogP contribution is 1.87. The molecule has 0 unspecified atom stereocenters. The first-order chi connectivity index (χ1) is 19.3. The summed E-state index contributed by atoms with van der Waals surface area (Å²) >= 11 is 0. The Labute approximate surface area is 234 Å². The van der Waals surface area contributed by atoms with Crippen LogP contribution in [-0.4, -0.2) is 178 Å². The number of rotatable bonds is 35. The molecule has 0 saturated heterocycles. The highest BCUT2D eigenvalue weighted by molar-refractivity contribution is 4.41. The molecule has 0 fully saturated rings. The van der Waals surface area contributed by atoms with Gasteiger partial charge in [-0.15, -0.1) is 0 Å². The quantitative estimate of drug-likeness (QED) is 0.0994. The van der Waals surface area contributed by atoms with Crippen LogP contribution in [0.25, 0.3) is 0 Å². The first kappa shape index (κ1) is 38.5. The lowest BCUT2D eigenvalue weighted by atomic mass is 10.6. The predicted octanol–water partition coefficient (Wildman–Crippen LogP) is 0.700. The summed E-state index contributed by atoms with van der Waals surface area (Å²) in [6.45, 7) is 11.4. The fourth-order valence-electron chi connectivity index (χ4n) is 2.60. The third kappa shape index (κ3) is 37.5. The Balaban J connectivity index is 3.02. The molecule has 0 amide bonds. The Morgan fingerprint density at radius 3 is 0.667 bits per heavy atom. The number of nitrogens with zero attached hydrogens (tertiary/aromatic N) is 1. The minimum absolute atomic E-state index is 0.116. The molecular formula is C26H54FNO11. The number of alkyl halides is 1. The minimum Gasteiger partial charge on any atom is -0.378 e. The van der Waals surface area contributed by atoms with Crippen molar-refractivity contribution >= 4 is 0 Å². The van der Waals surface area contributed by atoms with Crippen LogP contribution in [0.5, 0.6) is 0 Å². The molecule has 0 aliphatic rings. The molecule has 0 N–H and O–H groups in total. The SMILES string of the molecule is CN(C)CCOCCOCCOCCOCCOCCOCCOCCOCCOCCOCCOCCF. The second-order valence-corrected chi connectivity index (χ2v) is 8.23. The third-order valence-corrected chi connectivity index (χ3v) is 4.62. The van der Waals surface area contributed by atoms with Crippen LogP contribution >= 0.6 is 0 Å². The molecule has 0 atom stereocenters. The molecule has 236 valence electrons. The summed E-state index contributed by atoms with van der Waals surface area (Å²) in [6, 6.07) is 0. The van der Waals surface area contributed by atoms with Gasteiger partial charge in [0.25, 0.3) is 0 Å². The van der Waals surface area contributed by atoms with Gasteiger partial charge in [0.05, 0.1) is 145 Å². The van der Waals surface area contributed by atoms with E-state index in [4.69, 9.17) is 52.1 Å². The maximum Gasteiger partial charge on any atom is 0.113 e.